The fourth-order valence-electron chi connectivity index (χ4n) is 3.92. The van der Waals surface area contributed by atoms with Crippen LogP contribution in [0.5, 0.6) is 0 Å². The minimum atomic E-state index is -3.74. The van der Waals surface area contributed by atoms with Crippen LogP contribution < -0.4 is 10.6 Å². The number of piperazine rings is 1. The van der Waals surface area contributed by atoms with E-state index >= 15 is 0 Å². The first-order valence-electron chi connectivity index (χ1n) is 12.3. The first-order chi connectivity index (χ1) is 18.2. The second kappa shape index (κ2) is 13.3. The van der Waals surface area contributed by atoms with Crippen molar-refractivity contribution >= 4 is 31.3 Å². The van der Waals surface area contributed by atoms with Gasteiger partial charge in [-0.3, -0.25) is 14.2 Å². The van der Waals surface area contributed by atoms with Gasteiger partial charge in [0.1, 0.15) is 17.6 Å². The lowest BCUT2D eigenvalue weighted by molar-refractivity contribution is -0.134. The molecule has 3 N–H and O–H groups in total. The summed E-state index contributed by atoms with van der Waals surface area (Å²) in [5, 5.41) is 14.8. The van der Waals surface area contributed by atoms with Gasteiger partial charge in [0.05, 0.1) is 19.4 Å². The second-order valence-electron chi connectivity index (χ2n) is 8.33. The van der Waals surface area contributed by atoms with Crippen molar-refractivity contribution in [3.8, 4) is 11.4 Å². The molecule has 206 valence electrons. The highest BCUT2D eigenvalue weighted by molar-refractivity contribution is 7.54. The zero-order chi connectivity index (χ0) is 27.7. The van der Waals surface area contributed by atoms with Crippen LogP contribution in [0.1, 0.15) is 24.3 Å². The van der Waals surface area contributed by atoms with E-state index in [1.54, 1.807) is 33.0 Å². The lowest BCUT2D eigenvalue weighted by Crippen LogP contribution is -2.56. The summed E-state index contributed by atoms with van der Waals surface area (Å²) in [6, 6.07) is 9.28. The summed E-state index contributed by atoms with van der Waals surface area (Å²) < 4.78 is 24.1. The molecule has 0 radical (unpaired) electrons. The molecule has 0 aliphatic carbocycles. The Balaban J connectivity index is 1.89. The van der Waals surface area contributed by atoms with Gasteiger partial charge < -0.3 is 34.6 Å². The molecule has 1 saturated heterocycles. The molecule has 0 saturated carbocycles. The summed E-state index contributed by atoms with van der Waals surface area (Å²) >= 11 is 0. The van der Waals surface area contributed by atoms with Gasteiger partial charge in [-0.15, -0.1) is 0 Å². The van der Waals surface area contributed by atoms with Gasteiger partial charge in [0, 0.05) is 44.9 Å². The van der Waals surface area contributed by atoms with Crippen molar-refractivity contribution in [2.75, 3.05) is 57.9 Å². The molecule has 2 aromatic rings. The van der Waals surface area contributed by atoms with Gasteiger partial charge in [0.25, 0.3) is 5.91 Å². The number of carbonyl (C=O) groups excluding carboxylic acids is 2. The molecular formula is C24H33N6O7P. The van der Waals surface area contributed by atoms with Crippen molar-refractivity contribution in [2.24, 2.45) is 0 Å². The van der Waals surface area contributed by atoms with Crippen LogP contribution in [0.15, 0.2) is 36.4 Å². The number of nitrogens with one attached hydrogen (secondary N) is 2. The largest absolute Gasteiger partial charge is 0.465 e. The molecule has 2 heterocycles. The number of carboxylic acid groups (broad SMARTS) is 1. The van der Waals surface area contributed by atoms with Crippen molar-refractivity contribution in [3.63, 3.8) is 0 Å². The van der Waals surface area contributed by atoms with Crippen LogP contribution in [-0.4, -0.2) is 101 Å². The van der Waals surface area contributed by atoms with Crippen LogP contribution in [-0.2, 0) is 18.4 Å². The third kappa shape index (κ3) is 7.50. The van der Waals surface area contributed by atoms with Crippen molar-refractivity contribution in [1.29, 1.82) is 0 Å². The highest BCUT2D eigenvalue weighted by Crippen LogP contribution is 2.48. The number of rotatable bonds is 11. The number of aromatic nitrogens is 2. The van der Waals surface area contributed by atoms with Gasteiger partial charge in [-0.1, -0.05) is 30.3 Å². The summed E-state index contributed by atoms with van der Waals surface area (Å²) in [7, 11) is -2.09. The number of carbonyl (C=O) groups is 3. The van der Waals surface area contributed by atoms with Crippen LogP contribution >= 0.6 is 7.60 Å². The van der Waals surface area contributed by atoms with Crippen molar-refractivity contribution in [3.05, 3.63) is 42.1 Å². The van der Waals surface area contributed by atoms with Crippen molar-refractivity contribution in [1.82, 2.24) is 25.1 Å². The molecule has 1 fully saturated rings. The molecule has 38 heavy (non-hydrogen) atoms. The molecule has 14 heteroatoms. The number of amides is 3. The lowest BCUT2D eigenvalue weighted by Gasteiger charge is -2.35. The van der Waals surface area contributed by atoms with Gasteiger partial charge in [-0.2, -0.15) is 0 Å². The molecule has 3 amide bonds. The van der Waals surface area contributed by atoms with Crippen LogP contribution in [0.2, 0.25) is 0 Å². The van der Waals surface area contributed by atoms with Crippen molar-refractivity contribution in [2.45, 2.75) is 19.9 Å². The molecule has 1 aliphatic rings. The quantitative estimate of drug-likeness (QED) is 0.355. The molecule has 0 bridgehead atoms. The molecular weight excluding hydrogens is 515 g/mol. The molecule has 1 aromatic heterocycles. The average molecular weight is 549 g/mol. The summed E-state index contributed by atoms with van der Waals surface area (Å²) in [5.74, 6) is -0.493. The number of anilines is 1. The van der Waals surface area contributed by atoms with Crippen LogP contribution in [0.3, 0.4) is 0 Å². The molecule has 0 unspecified atom stereocenters. The van der Waals surface area contributed by atoms with E-state index in [9.17, 15) is 24.1 Å². The molecule has 0 spiro atoms. The van der Waals surface area contributed by atoms with E-state index in [2.05, 4.69) is 20.6 Å². The molecule has 3 rings (SSSR count). The van der Waals surface area contributed by atoms with E-state index in [0.29, 0.717) is 17.2 Å². The van der Waals surface area contributed by atoms with E-state index in [-0.39, 0.29) is 45.1 Å². The first-order valence-corrected chi connectivity index (χ1v) is 14.0. The summed E-state index contributed by atoms with van der Waals surface area (Å²) in [5.41, 5.74) is 0.694. The van der Waals surface area contributed by atoms with Gasteiger partial charge in [-0.05, 0) is 13.8 Å². The highest BCUT2D eigenvalue weighted by atomic mass is 31.2. The maximum Gasteiger partial charge on any atom is 0.407 e. The average Bonchev–Trinajstić information content (AvgIpc) is 2.92. The number of hydrogen-bond acceptors (Lipinski definition) is 9. The van der Waals surface area contributed by atoms with E-state index in [1.165, 1.54) is 15.9 Å². The number of benzene rings is 1. The summed E-state index contributed by atoms with van der Waals surface area (Å²) in [6.07, 6.45) is -1.47. The maximum atomic E-state index is 13.5. The highest BCUT2D eigenvalue weighted by Gasteiger charge is 2.37. The topological polar surface area (TPSA) is 163 Å². The van der Waals surface area contributed by atoms with Gasteiger partial charge in [0.15, 0.2) is 5.82 Å². The Bertz CT molecular complexity index is 1160. The molecule has 13 nitrogen and oxygen atoms in total. The SMILES string of the molecule is CCOP(=O)(C[C@H](NC(=O)c1cc(NC)nc(-c2ccccc2)n1)C(=O)N1CCN(C(=O)O)CC1)OCC. The lowest BCUT2D eigenvalue weighted by atomic mass is 10.2. The fraction of sp³-hybridized carbons (Fsp3) is 0.458. The standard InChI is InChI=1S/C24H33N6O7P/c1-4-36-38(35,37-5-2)16-19(23(32)29-11-13-30(14-12-29)24(33)34)27-22(31)18-15-20(25-3)28-21(26-18)17-9-7-6-8-10-17/h6-10,15,19H,4-5,11-14,16H2,1-3H3,(H,27,31)(H,33,34)(H,25,26,28)/t19-/m0/s1. The monoisotopic (exact) mass is 548 g/mol. The second-order valence-corrected chi connectivity index (χ2v) is 10.4. The molecule has 1 aliphatic heterocycles. The zero-order valence-corrected chi connectivity index (χ0v) is 22.5. The Labute approximate surface area is 221 Å². The minimum absolute atomic E-state index is 0.000600. The maximum absolute atomic E-state index is 13.5. The van der Waals surface area contributed by atoms with E-state index in [0.717, 1.165) is 0 Å². The Morgan fingerprint density at radius 1 is 1.03 bits per heavy atom. The minimum Gasteiger partial charge on any atom is -0.465 e. The Morgan fingerprint density at radius 2 is 1.63 bits per heavy atom. The Morgan fingerprint density at radius 3 is 2.18 bits per heavy atom. The summed E-state index contributed by atoms with van der Waals surface area (Å²) in [4.78, 5) is 49.6. The Kier molecular flexibility index (Phi) is 10.2. The van der Waals surface area contributed by atoms with E-state index in [4.69, 9.17) is 9.05 Å². The summed E-state index contributed by atoms with van der Waals surface area (Å²) in [6.45, 7) is 3.96. The third-order valence-electron chi connectivity index (χ3n) is 5.77. The van der Waals surface area contributed by atoms with E-state index < -0.39 is 37.7 Å². The smallest absolute Gasteiger partial charge is 0.407 e. The predicted octanol–water partition coefficient (Wildman–Crippen LogP) is 2.37. The Hall–Kier alpha value is -3.54. The van der Waals surface area contributed by atoms with Gasteiger partial charge in [0.2, 0.25) is 5.91 Å². The molecule has 1 atom stereocenters. The van der Waals surface area contributed by atoms with Crippen LogP contribution in [0, 0.1) is 0 Å². The van der Waals surface area contributed by atoms with Gasteiger partial charge >= 0.3 is 13.7 Å². The number of hydrogen-bond donors (Lipinski definition) is 3. The van der Waals surface area contributed by atoms with Crippen LogP contribution in [0.25, 0.3) is 11.4 Å². The van der Waals surface area contributed by atoms with Crippen molar-refractivity contribution < 1.29 is 33.1 Å². The third-order valence-corrected chi connectivity index (χ3v) is 7.89. The zero-order valence-electron chi connectivity index (χ0n) is 21.6. The van der Waals surface area contributed by atoms with Crippen LogP contribution in [0.4, 0.5) is 10.6 Å². The normalized spacial score (nSPS) is 14.6. The first kappa shape index (κ1) is 29.0. The van der Waals surface area contributed by atoms with E-state index in [1.807, 2.05) is 18.2 Å². The molecule has 1 aromatic carbocycles. The fourth-order valence-corrected chi connectivity index (χ4v) is 5.69. The predicted molar refractivity (Wildman–Crippen MR) is 140 cm³/mol. The van der Waals surface area contributed by atoms with Gasteiger partial charge in [-0.25, -0.2) is 14.8 Å². The number of nitrogens with zero attached hydrogens (tertiary/aromatic N) is 4.